The summed E-state index contributed by atoms with van der Waals surface area (Å²) in [5.74, 6) is 0.630. The van der Waals surface area contributed by atoms with E-state index in [4.69, 9.17) is 9.40 Å². The predicted octanol–water partition coefficient (Wildman–Crippen LogP) is 4.51. The number of furan rings is 1. The summed E-state index contributed by atoms with van der Waals surface area (Å²) in [5.41, 5.74) is 4.06. The molecule has 1 fully saturated rings. The maximum Gasteiger partial charge on any atom is 0.256 e. The lowest BCUT2D eigenvalue weighted by Gasteiger charge is -2.16. The number of benzene rings is 1. The zero-order valence-electron chi connectivity index (χ0n) is 20.0. The van der Waals surface area contributed by atoms with Crippen molar-refractivity contribution in [2.45, 2.75) is 25.9 Å². The third-order valence-corrected chi connectivity index (χ3v) is 6.43. The number of anilines is 1. The average Bonchev–Trinajstić information content (AvgIpc) is 3.67. The van der Waals surface area contributed by atoms with Gasteiger partial charge in [0.15, 0.2) is 5.65 Å². The van der Waals surface area contributed by atoms with Crippen LogP contribution in [0.5, 0.6) is 0 Å². The third-order valence-electron chi connectivity index (χ3n) is 6.43. The summed E-state index contributed by atoms with van der Waals surface area (Å²) in [6.45, 7) is 1.69. The number of nitrogens with zero attached hydrogens (tertiary/aromatic N) is 5. The van der Waals surface area contributed by atoms with Crippen LogP contribution >= 0.6 is 0 Å². The molecule has 0 saturated carbocycles. The number of rotatable bonds is 7. The molecule has 5 heterocycles. The monoisotopic (exact) mass is 492 g/mol. The smallest absolute Gasteiger partial charge is 0.256 e. The molecule has 1 saturated heterocycles. The Labute approximate surface area is 212 Å². The van der Waals surface area contributed by atoms with Gasteiger partial charge in [-0.1, -0.05) is 12.1 Å². The first-order valence-electron chi connectivity index (χ1n) is 12.1. The lowest BCUT2D eigenvalue weighted by molar-refractivity contribution is -0.128. The number of hydrogen-bond donors (Lipinski definition) is 1. The second-order valence-electron chi connectivity index (χ2n) is 8.99. The van der Waals surface area contributed by atoms with Gasteiger partial charge in [0.25, 0.3) is 5.91 Å². The molecule has 0 aliphatic carbocycles. The van der Waals surface area contributed by atoms with Gasteiger partial charge in [-0.2, -0.15) is 5.10 Å². The molecular formula is C28H24N6O3. The van der Waals surface area contributed by atoms with Gasteiger partial charge in [-0.3, -0.25) is 14.6 Å². The van der Waals surface area contributed by atoms with E-state index in [2.05, 4.69) is 15.4 Å². The third kappa shape index (κ3) is 4.71. The molecule has 184 valence electrons. The van der Waals surface area contributed by atoms with Crippen LogP contribution in [0.4, 0.5) is 5.69 Å². The van der Waals surface area contributed by atoms with E-state index in [9.17, 15) is 9.59 Å². The van der Waals surface area contributed by atoms with E-state index < -0.39 is 0 Å². The molecule has 0 atom stereocenters. The Morgan fingerprint density at radius 1 is 1.05 bits per heavy atom. The summed E-state index contributed by atoms with van der Waals surface area (Å²) in [4.78, 5) is 36.5. The van der Waals surface area contributed by atoms with Crippen LogP contribution in [0.25, 0.3) is 22.3 Å². The quantitative estimate of drug-likeness (QED) is 0.358. The van der Waals surface area contributed by atoms with Crippen molar-refractivity contribution in [3.63, 3.8) is 0 Å². The molecule has 5 aromatic rings. The Kier molecular flexibility index (Phi) is 5.94. The Morgan fingerprint density at radius 3 is 2.78 bits per heavy atom. The van der Waals surface area contributed by atoms with Crippen LogP contribution in [0.1, 0.15) is 34.5 Å². The van der Waals surface area contributed by atoms with E-state index >= 15 is 0 Å². The molecule has 4 aromatic heterocycles. The Hall–Kier alpha value is -4.79. The van der Waals surface area contributed by atoms with E-state index in [0.29, 0.717) is 47.5 Å². The molecule has 1 aromatic carbocycles. The Morgan fingerprint density at radius 2 is 2.00 bits per heavy atom. The minimum Gasteiger partial charge on any atom is -0.467 e. The van der Waals surface area contributed by atoms with Gasteiger partial charge in [-0.15, -0.1) is 0 Å². The summed E-state index contributed by atoms with van der Waals surface area (Å²) < 4.78 is 7.21. The van der Waals surface area contributed by atoms with Crippen LogP contribution in [-0.2, 0) is 17.9 Å². The first-order chi connectivity index (χ1) is 18.1. The highest BCUT2D eigenvalue weighted by Crippen LogP contribution is 2.26. The molecule has 0 radical (unpaired) electrons. The van der Waals surface area contributed by atoms with Crippen LogP contribution in [0.2, 0.25) is 0 Å². The van der Waals surface area contributed by atoms with E-state index in [0.717, 1.165) is 29.9 Å². The number of aromatic nitrogens is 4. The van der Waals surface area contributed by atoms with Gasteiger partial charge in [0.2, 0.25) is 5.91 Å². The number of fused-ring (bicyclic) bond motifs is 1. The van der Waals surface area contributed by atoms with Crippen molar-refractivity contribution >= 4 is 28.5 Å². The summed E-state index contributed by atoms with van der Waals surface area (Å²) in [6, 6.07) is 16.8. The maximum atomic E-state index is 13.6. The highest BCUT2D eigenvalue weighted by Gasteiger charge is 2.21. The van der Waals surface area contributed by atoms with Crippen LogP contribution in [0.3, 0.4) is 0 Å². The van der Waals surface area contributed by atoms with Crippen molar-refractivity contribution in [3.8, 4) is 11.3 Å². The molecular weight excluding hydrogens is 468 g/mol. The fourth-order valence-electron chi connectivity index (χ4n) is 4.60. The molecule has 2 amide bonds. The molecule has 9 nitrogen and oxygen atoms in total. The van der Waals surface area contributed by atoms with Crippen LogP contribution in [0.15, 0.2) is 83.9 Å². The molecule has 1 aliphatic rings. The predicted molar refractivity (Wildman–Crippen MR) is 138 cm³/mol. The van der Waals surface area contributed by atoms with Gasteiger partial charge in [-0.25, -0.2) is 9.67 Å². The second kappa shape index (κ2) is 9.69. The van der Waals surface area contributed by atoms with Crippen molar-refractivity contribution in [1.82, 2.24) is 24.6 Å². The normalized spacial score (nSPS) is 13.4. The highest BCUT2D eigenvalue weighted by molar-refractivity contribution is 6.12. The SMILES string of the molecule is O=C(Nc1cccc(CN2CCCC2=O)c1)c1cc(-c2cccnc2)nc2c1cnn2Cc1ccco1. The fourth-order valence-corrected chi connectivity index (χ4v) is 4.60. The minimum atomic E-state index is -0.274. The molecule has 9 heteroatoms. The first kappa shape index (κ1) is 22.7. The average molecular weight is 493 g/mol. The topological polar surface area (TPSA) is 106 Å². The molecule has 1 N–H and O–H groups in total. The van der Waals surface area contributed by atoms with Crippen LogP contribution < -0.4 is 5.32 Å². The lowest BCUT2D eigenvalue weighted by Crippen LogP contribution is -2.23. The maximum absolute atomic E-state index is 13.6. The molecule has 1 aliphatic heterocycles. The number of carbonyl (C=O) groups excluding carboxylic acids is 2. The van der Waals surface area contributed by atoms with Gasteiger partial charge >= 0.3 is 0 Å². The van der Waals surface area contributed by atoms with Crippen molar-refractivity contribution in [3.05, 3.63) is 96.3 Å². The molecule has 6 rings (SSSR count). The number of nitrogens with one attached hydrogen (secondary N) is 1. The van der Waals surface area contributed by atoms with Gasteiger partial charge < -0.3 is 14.6 Å². The van der Waals surface area contributed by atoms with E-state index in [1.807, 2.05) is 53.4 Å². The molecule has 37 heavy (non-hydrogen) atoms. The van der Waals surface area contributed by atoms with Gasteiger partial charge in [0.1, 0.15) is 12.3 Å². The standard InChI is InChI=1S/C28H24N6O3/c35-26-9-3-11-33(26)17-19-5-1-7-21(13-19)31-28(36)23-14-25(20-6-2-10-29-15-20)32-27-24(23)16-30-34(27)18-22-8-4-12-37-22/h1-2,4-8,10,12-16H,3,9,11,17-18H2,(H,31,36). The zero-order valence-corrected chi connectivity index (χ0v) is 20.0. The number of hydrogen-bond acceptors (Lipinski definition) is 6. The van der Waals surface area contributed by atoms with E-state index in [1.54, 1.807) is 35.6 Å². The van der Waals surface area contributed by atoms with Gasteiger partial charge in [0, 0.05) is 43.2 Å². The van der Waals surface area contributed by atoms with E-state index in [-0.39, 0.29) is 11.8 Å². The minimum absolute atomic E-state index is 0.170. The first-order valence-corrected chi connectivity index (χ1v) is 12.1. The number of amides is 2. The fraction of sp³-hybridized carbons (Fsp3) is 0.179. The van der Waals surface area contributed by atoms with E-state index in [1.165, 1.54) is 0 Å². The number of pyridine rings is 2. The van der Waals surface area contributed by atoms with Crippen molar-refractivity contribution in [2.75, 3.05) is 11.9 Å². The van der Waals surface area contributed by atoms with Crippen LogP contribution in [-0.4, -0.2) is 43.0 Å². The van der Waals surface area contributed by atoms with Crippen molar-refractivity contribution in [1.29, 1.82) is 0 Å². The van der Waals surface area contributed by atoms with Crippen LogP contribution in [0, 0.1) is 0 Å². The van der Waals surface area contributed by atoms with Gasteiger partial charge in [0.05, 0.1) is 29.1 Å². The molecule has 0 spiro atoms. The summed E-state index contributed by atoms with van der Waals surface area (Å²) in [6.07, 6.45) is 8.16. The largest absolute Gasteiger partial charge is 0.467 e. The second-order valence-corrected chi connectivity index (χ2v) is 8.99. The van der Waals surface area contributed by atoms with Crippen molar-refractivity contribution in [2.24, 2.45) is 0 Å². The number of carbonyl (C=O) groups is 2. The Balaban J connectivity index is 1.34. The summed E-state index contributed by atoms with van der Waals surface area (Å²) >= 11 is 0. The molecule has 0 unspecified atom stereocenters. The lowest BCUT2D eigenvalue weighted by atomic mass is 10.1. The summed E-state index contributed by atoms with van der Waals surface area (Å²) in [7, 11) is 0. The highest BCUT2D eigenvalue weighted by atomic mass is 16.3. The summed E-state index contributed by atoms with van der Waals surface area (Å²) in [5, 5.41) is 8.15. The number of likely N-dealkylation sites (tertiary alicyclic amines) is 1. The Bertz CT molecular complexity index is 1580. The van der Waals surface area contributed by atoms with Crippen molar-refractivity contribution < 1.29 is 14.0 Å². The van der Waals surface area contributed by atoms with Gasteiger partial charge in [-0.05, 0) is 54.4 Å². The molecule has 0 bridgehead atoms. The zero-order chi connectivity index (χ0) is 25.2.